The highest BCUT2D eigenvalue weighted by Crippen LogP contribution is 2.19. The molecule has 20 heavy (non-hydrogen) atoms. The van der Waals surface area contributed by atoms with E-state index in [1.165, 1.54) is 0 Å². The molecule has 1 aromatic carbocycles. The van der Waals surface area contributed by atoms with Gasteiger partial charge in [0.15, 0.2) is 11.6 Å². The van der Waals surface area contributed by atoms with Crippen LogP contribution >= 0.6 is 0 Å². The average Bonchev–Trinajstić information content (AvgIpc) is 2.81. The molecule has 0 amide bonds. The zero-order valence-electron chi connectivity index (χ0n) is 12.2. The third kappa shape index (κ3) is 3.05. The molecule has 0 saturated carbocycles. The van der Waals surface area contributed by atoms with Gasteiger partial charge < -0.3 is 10.8 Å². The van der Waals surface area contributed by atoms with Gasteiger partial charge in [-0.25, -0.2) is 9.67 Å². The van der Waals surface area contributed by atoms with E-state index >= 15 is 0 Å². The Bertz CT molecular complexity index is 577. The fourth-order valence-corrected chi connectivity index (χ4v) is 2.12. The Balaban J connectivity index is 2.50. The minimum Gasteiger partial charge on any atom is -0.394 e. The molecule has 1 heterocycles. The number of aryl methyl sites for hydroxylation is 1. The van der Waals surface area contributed by atoms with E-state index < -0.39 is 6.04 Å². The Morgan fingerprint density at radius 3 is 2.60 bits per heavy atom. The summed E-state index contributed by atoms with van der Waals surface area (Å²) in [5, 5.41) is 13.9. The number of benzene rings is 1. The van der Waals surface area contributed by atoms with Crippen LogP contribution in [0.25, 0.3) is 5.69 Å². The Labute approximate surface area is 119 Å². The third-order valence-electron chi connectivity index (χ3n) is 3.14. The average molecular weight is 274 g/mol. The van der Waals surface area contributed by atoms with Gasteiger partial charge in [-0.3, -0.25) is 0 Å². The molecule has 0 radical (unpaired) electrons. The fraction of sp³-hybridized carbons (Fsp3) is 0.467. The van der Waals surface area contributed by atoms with Crippen molar-refractivity contribution in [2.45, 2.75) is 33.2 Å². The molecule has 0 aliphatic carbocycles. The molecule has 1 atom stereocenters. The van der Waals surface area contributed by atoms with Crippen LogP contribution in [0.15, 0.2) is 24.3 Å². The predicted molar refractivity (Wildman–Crippen MR) is 78.7 cm³/mol. The van der Waals surface area contributed by atoms with Gasteiger partial charge in [-0.1, -0.05) is 32.0 Å². The summed E-state index contributed by atoms with van der Waals surface area (Å²) < 4.78 is 1.76. The standard InChI is InChI=1S/C15H22N4O/c1-10(2)8-14-17-15(12(16)9-20)19(18-14)13-7-5-4-6-11(13)3/h4-7,10,12,20H,8-9,16H2,1-3H3/t12-/m1/s1. The van der Waals surface area contributed by atoms with Crippen LogP contribution in [0.2, 0.25) is 0 Å². The van der Waals surface area contributed by atoms with E-state index in [1.807, 2.05) is 31.2 Å². The maximum Gasteiger partial charge on any atom is 0.151 e. The predicted octanol–water partition coefficient (Wildman–Crippen LogP) is 1.77. The van der Waals surface area contributed by atoms with Gasteiger partial charge in [0.25, 0.3) is 0 Å². The van der Waals surface area contributed by atoms with Crippen molar-refractivity contribution in [1.82, 2.24) is 14.8 Å². The molecule has 0 saturated heterocycles. The van der Waals surface area contributed by atoms with Gasteiger partial charge in [0.05, 0.1) is 18.3 Å². The highest BCUT2D eigenvalue weighted by atomic mass is 16.3. The van der Waals surface area contributed by atoms with E-state index in [0.29, 0.717) is 11.7 Å². The van der Waals surface area contributed by atoms with Gasteiger partial charge in [0.1, 0.15) is 0 Å². The van der Waals surface area contributed by atoms with Gasteiger partial charge in [-0.15, -0.1) is 0 Å². The van der Waals surface area contributed by atoms with Crippen molar-refractivity contribution >= 4 is 0 Å². The van der Waals surface area contributed by atoms with Crippen molar-refractivity contribution < 1.29 is 5.11 Å². The largest absolute Gasteiger partial charge is 0.394 e. The number of aromatic nitrogens is 3. The number of rotatable bonds is 5. The third-order valence-corrected chi connectivity index (χ3v) is 3.14. The molecule has 2 aromatic rings. The zero-order valence-corrected chi connectivity index (χ0v) is 12.2. The second-order valence-electron chi connectivity index (χ2n) is 5.47. The number of nitrogens with zero attached hydrogens (tertiary/aromatic N) is 3. The lowest BCUT2D eigenvalue weighted by atomic mass is 10.1. The molecule has 108 valence electrons. The first kappa shape index (κ1) is 14.7. The van der Waals surface area contributed by atoms with Crippen LogP contribution < -0.4 is 5.73 Å². The summed E-state index contributed by atoms with van der Waals surface area (Å²) in [7, 11) is 0. The summed E-state index contributed by atoms with van der Waals surface area (Å²) in [6.07, 6.45) is 0.796. The van der Waals surface area contributed by atoms with E-state index in [0.717, 1.165) is 23.5 Å². The first-order valence-corrected chi connectivity index (χ1v) is 6.91. The number of nitrogens with two attached hydrogens (primary N) is 1. The van der Waals surface area contributed by atoms with E-state index in [9.17, 15) is 5.11 Å². The summed E-state index contributed by atoms with van der Waals surface area (Å²) in [5.41, 5.74) is 8.00. The van der Waals surface area contributed by atoms with Crippen molar-refractivity contribution in [1.29, 1.82) is 0 Å². The smallest absolute Gasteiger partial charge is 0.151 e. The van der Waals surface area contributed by atoms with Crippen molar-refractivity contribution in [3.63, 3.8) is 0 Å². The quantitative estimate of drug-likeness (QED) is 0.871. The topological polar surface area (TPSA) is 77.0 Å². The van der Waals surface area contributed by atoms with Crippen molar-refractivity contribution in [2.75, 3.05) is 6.61 Å². The van der Waals surface area contributed by atoms with Crippen LogP contribution in [0.5, 0.6) is 0 Å². The Hall–Kier alpha value is -1.72. The minimum atomic E-state index is -0.525. The molecule has 3 N–H and O–H groups in total. The lowest BCUT2D eigenvalue weighted by Crippen LogP contribution is -2.20. The summed E-state index contributed by atoms with van der Waals surface area (Å²) in [4.78, 5) is 4.51. The molecular weight excluding hydrogens is 252 g/mol. The van der Waals surface area contributed by atoms with Gasteiger partial charge in [0, 0.05) is 6.42 Å². The number of aliphatic hydroxyl groups is 1. The van der Waals surface area contributed by atoms with Crippen LogP contribution in [-0.2, 0) is 6.42 Å². The Morgan fingerprint density at radius 2 is 2.00 bits per heavy atom. The molecule has 0 unspecified atom stereocenters. The van der Waals surface area contributed by atoms with Gasteiger partial charge in [0.2, 0.25) is 0 Å². The molecule has 5 nitrogen and oxygen atoms in total. The van der Waals surface area contributed by atoms with Gasteiger partial charge in [-0.2, -0.15) is 5.10 Å². The number of hydrogen-bond donors (Lipinski definition) is 2. The lowest BCUT2D eigenvalue weighted by molar-refractivity contribution is 0.262. The molecule has 1 aromatic heterocycles. The van der Waals surface area contributed by atoms with Crippen LogP contribution in [0.4, 0.5) is 0 Å². The molecule has 0 aliphatic rings. The number of hydrogen-bond acceptors (Lipinski definition) is 4. The SMILES string of the molecule is Cc1ccccc1-n1nc(CC(C)C)nc1[C@H](N)CO. The van der Waals surface area contributed by atoms with Crippen molar-refractivity contribution in [3.8, 4) is 5.69 Å². The lowest BCUT2D eigenvalue weighted by Gasteiger charge is -2.11. The summed E-state index contributed by atoms with van der Waals surface area (Å²) in [5.74, 6) is 1.85. The van der Waals surface area contributed by atoms with Crippen molar-refractivity contribution in [3.05, 3.63) is 41.5 Å². The number of aliphatic hydroxyl groups excluding tert-OH is 1. The summed E-state index contributed by atoms with van der Waals surface area (Å²) in [6.45, 7) is 6.12. The molecule has 0 fully saturated rings. The van der Waals surface area contributed by atoms with E-state index in [-0.39, 0.29) is 6.61 Å². The maximum atomic E-state index is 9.31. The maximum absolute atomic E-state index is 9.31. The summed E-state index contributed by atoms with van der Waals surface area (Å²) >= 11 is 0. The second-order valence-corrected chi connectivity index (χ2v) is 5.47. The fourth-order valence-electron chi connectivity index (χ4n) is 2.12. The molecule has 0 spiro atoms. The molecular formula is C15H22N4O. The van der Waals surface area contributed by atoms with Crippen molar-refractivity contribution in [2.24, 2.45) is 11.7 Å². The molecule has 0 bridgehead atoms. The van der Waals surface area contributed by atoms with Crippen LogP contribution in [0.1, 0.15) is 37.1 Å². The van der Waals surface area contributed by atoms with Gasteiger partial charge in [-0.05, 0) is 24.5 Å². The summed E-state index contributed by atoms with van der Waals surface area (Å²) in [6, 6.07) is 7.42. The van der Waals surface area contributed by atoms with E-state index in [2.05, 4.69) is 23.9 Å². The monoisotopic (exact) mass is 274 g/mol. The first-order valence-electron chi connectivity index (χ1n) is 6.91. The zero-order chi connectivity index (χ0) is 14.7. The normalized spacial score (nSPS) is 12.9. The van der Waals surface area contributed by atoms with E-state index in [1.54, 1.807) is 4.68 Å². The highest BCUT2D eigenvalue weighted by Gasteiger charge is 2.18. The van der Waals surface area contributed by atoms with Gasteiger partial charge >= 0.3 is 0 Å². The highest BCUT2D eigenvalue weighted by molar-refractivity contribution is 5.40. The first-order chi connectivity index (χ1) is 9.52. The molecule has 0 aliphatic heterocycles. The van der Waals surface area contributed by atoms with E-state index in [4.69, 9.17) is 5.73 Å². The number of para-hydroxylation sites is 1. The molecule has 2 rings (SSSR count). The second kappa shape index (κ2) is 6.15. The minimum absolute atomic E-state index is 0.147. The Kier molecular flexibility index (Phi) is 4.52. The Morgan fingerprint density at radius 1 is 1.30 bits per heavy atom. The van der Waals surface area contributed by atoms with Crippen LogP contribution in [0.3, 0.4) is 0 Å². The van der Waals surface area contributed by atoms with Crippen LogP contribution in [-0.4, -0.2) is 26.5 Å². The molecule has 5 heteroatoms. The van der Waals surface area contributed by atoms with Crippen LogP contribution in [0, 0.1) is 12.8 Å².